The van der Waals surface area contributed by atoms with Crippen LogP contribution in [0.2, 0.25) is 0 Å². The van der Waals surface area contributed by atoms with Crippen molar-refractivity contribution in [3.8, 4) is 0 Å². The van der Waals surface area contributed by atoms with Crippen LogP contribution in [-0.2, 0) is 42.7 Å². The summed E-state index contributed by atoms with van der Waals surface area (Å²) in [6.45, 7) is 8.79. The van der Waals surface area contributed by atoms with Crippen LogP contribution in [0.4, 0.5) is 0 Å². The van der Waals surface area contributed by atoms with Crippen LogP contribution in [0.3, 0.4) is 0 Å². The standard InChI is InChI=1S/C7H12O2.2C6H10O3.C4H6O3/c1-5-4-9-7-6(5)2-3-8-7;2*7-5-3-9-6-4(5)1-2-8-6;1-3(5)7-4(2)6/h5-7H,2-4H2,1H3;2*4-7H,1-3H2;1-2H3/t5-,6-,7+;4-,5-,6+;;/m10../s1. The van der Waals surface area contributed by atoms with Gasteiger partial charge in [0.15, 0.2) is 18.9 Å². The fraction of sp³-hybridized carbons (Fsp3) is 0.913. The molecule has 34 heavy (non-hydrogen) atoms. The molecule has 0 saturated carbocycles. The van der Waals surface area contributed by atoms with Crippen LogP contribution in [-0.4, -0.2) is 92.9 Å². The Morgan fingerprint density at radius 1 is 0.647 bits per heavy atom. The second kappa shape index (κ2) is 13.2. The van der Waals surface area contributed by atoms with Crippen LogP contribution in [0, 0.1) is 23.7 Å². The summed E-state index contributed by atoms with van der Waals surface area (Å²) >= 11 is 0. The fourth-order valence-corrected chi connectivity index (χ4v) is 4.76. The second-order valence-corrected chi connectivity index (χ2v) is 9.27. The molecular formula is C23H38O11. The minimum absolute atomic E-state index is 0.0972. The van der Waals surface area contributed by atoms with E-state index in [4.69, 9.17) is 28.4 Å². The van der Waals surface area contributed by atoms with Crippen LogP contribution in [0.25, 0.3) is 0 Å². The van der Waals surface area contributed by atoms with Crippen LogP contribution >= 0.6 is 0 Å². The molecule has 11 nitrogen and oxygen atoms in total. The lowest BCUT2D eigenvalue weighted by atomic mass is 9.96. The van der Waals surface area contributed by atoms with Gasteiger partial charge in [-0.1, -0.05) is 6.92 Å². The molecule has 0 aliphatic carbocycles. The minimum atomic E-state index is -0.562. The van der Waals surface area contributed by atoms with Crippen LogP contribution in [0.5, 0.6) is 0 Å². The third-order valence-corrected chi connectivity index (χ3v) is 6.64. The lowest BCUT2D eigenvalue weighted by Crippen LogP contribution is -2.18. The Kier molecular flexibility index (Phi) is 10.7. The van der Waals surface area contributed by atoms with Crippen LogP contribution < -0.4 is 0 Å². The first kappa shape index (κ1) is 27.4. The Morgan fingerprint density at radius 2 is 1.03 bits per heavy atom. The van der Waals surface area contributed by atoms with Crippen molar-refractivity contribution < 1.29 is 53.0 Å². The van der Waals surface area contributed by atoms with Gasteiger partial charge >= 0.3 is 11.9 Å². The number of aliphatic hydroxyl groups excluding tert-OH is 2. The van der Waals surface area contributed by atoms with Gasteiger partial charge in [-0.25, -0.2) is 0 Å². The van der Waals surface area contributed by atoms with Crippen molar-refractivity contribution in [2.75, 3.05) is 39.6 Å². The summed E-state index contributed by atoms with van der Waals surface area (Å²) in [6.07, 6.45) is 2.50. The van der Waals surface area contributed by atoms with Gasteiger partial charge in [0.2, 0.25) is 0 Å². The van der Waals surface area contributed by atoms with Crippen molar-refractivity contribution in [2.24, 2.45) is 23.7 Å². The molecule has 0 bridgehead atoms. The third-order valence-electron chi connectivity index (χ3n) is 6.64. The molecule has 0 amide bonds. The van der Waals surface area contributed by atoms with Crippen LogP contribution in [0.1, 0.15) is 40.0 Å². The minimum Gasteiger partial charge on any atom is -0.394 e. The van der Waals surface area contributed by atoms with E-state index in [9.17, 15) is 19.8 Å². The number of carbonyl (C=O) groups is 2. The second-order valence-electron chi connectivity index (χ2n) is 9.27. The summed E-state index contributed by atoms with van der Waals surface area (Å²) in [5.41, 5.74) is 0. The maximum Gasteiger partial charge on any atom is 0.310 e. The molecular weight excluding hydrogens is 452 g/mol. The van der Waals surface area contributed by atoms with Crippen molar-refractivity contribution in [1.29, 1.82) is 0 Å². The van der Waals surface area contributed by atoms with E-state index in [1.54, 1.807) is 0 Å². The molecule has 6 aliphatic heterocycles. The normalized spacial score (nSPS) is 41.0. The summed E-state index contributed by atoms with van der Waals surface area (Å²) in [5.74, 6) is 0.803. The fourth-order valence-electron chi connectivity index (χ4n) is 4.76. The highest BCUT2D eigenvalue weighted by molar-refractivity contribution is 5.82. The molecule has 0 aromatic carbocycles. The summed E-state index contributed by atoms with van der Waals surface area (Å²) < 4.78 is 35.2. The van der Waals surface area contributed by atoms with Gasteiger partial charge in [-0.3, -0.25) is 9.59 Å². The first-order valence-corrected chi connectivity index (χ1v) is 12.0. The number of fused-ring (bicyclic) bond motifs is 3. The highest BCUT2D eigenvalue weighted by atomic mass is 16.7. The van der Waals surface area contributed by atoms with E-state index in [1.165, 1.54) is 20.3 Å². The smallest absolute Gasteiger partial charge is 0.310 e. The number of ether oxygens (including phenoxy) is 7. The Hall–Kier alpha value is -1.18. The lowest BCUT2D eigenvalue weighted by molar-refractivity contribution is -0.156. The maximum atomic E-state index is 9.81. The van der Waals surface area contributed by atoms with Gasteiger partial charge in [-0.15, -0.1) is 0 Å². The summed E-state index contributed by atoms with van der Waals surface area (Å²) in [6, 6.07) is 0. The molecule has 11 heteroatoms. The van der Waals surface area contributed by atoms with E-state index in [0.29, 0.717) is 19.1 Å². The first-order valence-electron chi connectivity index (χ1n) is 12.0. The number of hydrogen-bond donors (Lipinski definition) is 2. The molecule has 9 atom stereocenters. The molecule has 6 heterocycles. The Bertz CT molecular complexity index is 580. The zero-order valence-electron chi connectivity index (χ0n) is 20.1. The number of carbonyl (C=O) groups excluding carboxylic acids is 2. The molecule has 0 aromatic rings. The Labute approximate surface area is 199 Å². The molecule has 3 unspecified atom stereocenters. The Balaban J connectivity index is 0.000000128. The molecule has 6 fully saturated rings. The van der Waals surface area contributed by atoms with Crippen molar-refractivity contribution in [1.82, 2.24) is 0 Å². The van der Waals surface area contributed by atoms with Crippen molar-refractivity contribution in [3.63, 3.8) is 0 Å². The summed E-state index contributed by atoms with van der Waals surface area (Å²) in [7, 11) is 0. The molecule has 6 saturated heterocycles. The van der Waals surface area contributed by atoms with Gasteiger partial charge in [0.25, 0.3) is 0 Å². The molecule has 196 valence electrons. The molecule has 6 aliphatic rings. The van der Waals surface area contributed by atoms with E-state index < -0.39 is 11.9 Å². The highest BCUT2D eigenvalue weighted by Crippen LogP contribution is 2.35. The third kappa shape index (κ3) is 7.66. The molecule has 0 aromatic heterocycles. The number of esters is 2. The number of rotatable bonds is 0. The van der Waals surface area contributed by atoms with Gasteiger partial charge in [0, 0.05) is 31.6 Å². The number of aliphatic hydroxyl groups is 2. The van der Waals surface area contributed by atoms with E-state index in [2.05, 4.69) is 11.7 Å². The van der Waals surface area contributed by atoms with Gasteiger partial charge in [-0.05, 0) is 25.2 Å². The molecule has 2 N–H and O–H groups in total. The predicted octanol–water partition coefficient (Wildman–Crippen LogP) is 0.592. The topological polar surface area (TPSA) is 139 Å². The average Bonchev–Trinajstić information content (AvgIpc) is 3.58. The van der Waals surface area contributed by atoms with Crippen molar-refractivity contribution in [2.45, 2.75) is 71.1 Å². The SMILES string of the molecule is CC(=O)OC(C)=O.C[C@@H]1CO[C@@H]2OCC[C@@H]21.OC1COC2OCCC12.O[C@H]1CO[C@H]2OCC[C@H]21. The largest absolute Gasteiger partial charge is 0.394 e. The molecule has 0 radical (unpaired) electrons. The predicted molar refractivity (Wildman–Crippen MR) is 115 cm³/mol. The van der Waals surface area contributed by atoms with Crippen molar-refractivity contribution in [3.05, 3.63) is 0 Å². The molecule has 0 spiro atoms. The van der Waals surface area contributed by atoms with Gasteiger partial charge < -0.3 is 43.4 Å². The van der Waals surface area contributed by atoms with Crippen LogP contribution in [0.15, 0.2) is 0 Å². The van der Waals surface area contributed by atoms with Gasteiger partial charge in [0.05, 0.1) is 51.8 Å². The van der Waals surface area contributed by atoms with E-state index in [-0.39, 0.29) is 42.9 Å². The van der Waals surface area contributed by atoms with E-state index >= 15 is 0 Å². The zero-order valence-corrected chi connectivity index (χ0v) is 20.1. The van der Waals surface area contributed by atoms with E-state index in [1.807, 2.05) is 0 Å². The molecule has 6 rings (SSSR count). The number of hydrogen-bond acceptors (Lipinski definition) is 11. The average molecular weight is 491 g/mol. The highest BCUT2D eigenvalue weighted by Gasteiger charge is 2.41. The maximum absolute atomic E-state index is 9.81. The van der Waals surface area contributed by atoms with E-state index in [0.717, 1.165) is 45.2 Å². The lowest BCUT2D eigenvalue weighted by Gasteiger charge is -2.07. The van der Waals surface area contributed by atoms with Crippen molar-refractivity contribution >= 4 is 11.9 Å². The van der Waals surface area contributed by atoms with Gasteiger partial charge in [-0.2, -0.15) is 0 Å². The summed E-state index contributed by atoms with van der Waals surface area (Å²) in [4.78, 5) is 19.6. The summed E-state index contributed by atoms with van der Waals surface area (Å²) in [5, 5.41) is 18.4. The quantitative estimate of drug-likeness (QED) is 0.364. The Morgan fingerprint density at radius 3 is 1.38 bits per heavy atom. The monoisotopic (exact) mass is 490 g/mol. The first-order chi connectivity index (χ1) is 16.3. The van der Waals surface area contributed by atoms with Gasteiger partial charge in [0.1, 0.15) is 0 Å². The zero-order chi connectivity index (χ0) is 24.7.